The van der Waals surface area contributed by atoms with Crippen LogP contribution < -0.4 is 16.0 Å². The third-order valence-corrected chi connectivity index (χ3v) is 7.26. The van der Waals surface area contributed by atoms with Gasteiger partial charge in [0.25, 0.3) is 0 Å². The molecule has 1 unspecified atom stereocenters. The van der Waals surface area contributed by atoms with Gasteiger partial charge in [0.15, 0.2) is 0 Å². The molecule has 0 radical (unpaired) electrons. The minimum Gasteiger partial charge on any atom is -0.376 e. The number of rotatable bonds is 7. The highest BCUT2D eigenvalue weighted by Crippen LogP contribution is 2.40. The Balaban J connectivity index is 1.42. The molecule has 8 nitrogen and oxygen atoms in total. The molecule has 3 saturated heterocycles. The van der Waals surface area contributed by atoms with Crippen LogP contribution in [0.25, 0.3) is 0 Å². The third-order valence-electron chi connectivity index (χ3n) is 7.26. The van der Waals surface area contributed by atoms with Crippen LogP contribution in [0.2, 0.25) is 0 Å². The predicted molar refractivity (Wildman–Crippen MR) is 106 cm³/mol. The second-order valence-corrected chi connectivity index (χ2v) is 9.30. The number of nitriles is 1. The van der Waals surface area contributed by atoms with Crippen molar-refractivity contribution in [3.63, 3.8) is 0 Å². The van der Waals surface area contributed by atoms with Crippen molar-refractivity contribution >= 4 is 11.8 Å². The number of piperidine rings is 1. The van der Waals surface area contributed by atoms with Crippen molar-refractivity contribution in [2.45, 2.75) is 81.6 Å². The Morgan fingerprint density at radius 2 is 2.10 bits per heavy atom. The Morgan fingerprint density at radius 3 is 2.72 bits per heavy atom. The van der Waals surface area contributed by atoms with Gasteiger partial charge in [-0.15, -0.1) is 0 Å². The lowest BCUT2D eigenvalue weighted by Gasteiger charge is -2.40. The molecule has 5 atom stereocenters. The number of nitrogens with one attached hydrogen (secondary N) is 3. The van der Waals surface area contributed by atoms with E-state index in [1.54, 1.807) is 0 Å². The molecule has 8 heteroatoms. The minimum absolute atomic E-state index is 0.0330. The maximum atomic E-state index is 13.2. The molecule has 160 valence electrons. The quantitative estimate of drug-likeness (QED) is 0.483. The molecule has 4 aliphatic rings. The molecule has 4 fully saturated rings. The molecule has 1 saturated carbocycles. The molecular weight excluding hydrogens is 370 g/mol. The number of nitrogens with zero attached hydrogens (tertiary/aromatic N) is 2. The molecule has 1 spiro atoms. The molecule has 3 aliphatic heterocycles. The normalized spacial score (nSPS) is 34.6. The van der Waals surface area contributed by atoms with Crippen molar-refractivity contribution in [2.24, 2.45) is 11.8 Å². The van der Waals surface area contributed by atoms with Crippen LogP contribution >= 0.6 is 0 Å². The first-order chi connectivity index (χ1) is 14.0. The van der Waals surface area contributed by atoms with Crippen LogP contribution in [0, 0.1) is 23.2 Å². The number of aliphatic hydroxyl groups is 1. The second-order valence-electron chi connectivity index (χ2n) is 9.30. The van der Waals surface area contributed by atoms with E-state index in [4.69, 9.17) is 0 Å². The van der Waals surface area contributed by atoms with Gasteiger partial charge in [0.1, 0.15) is 12.3 Å². The fourth-order valence-electron chi connectivity index (χ4n) is 5.28. The number of amides is 2. The summed E-state index contributed by atoms with van der Waals surface area (Å²) in [6.45, 7) is 2.22. The highest BCUT2D eigenvalue weighted by Gasteiger charge is 2.51. The summed E-state index contributed by atoms with van der Waals surface area (Å²) in [7, 11) is 0. The van der Waals surface area contributed by atoms with Crippen molar-refractivity contribution in [3.8, 4) is 6.07 Å². The third kappa shape index (κ3) is 4.42. The van der Waals surface area contributed by atoms with Gasteiger partial charge in [-0.1, -0.05) is 19.3 Å². The highest BCUT2D eigenvalue weighted by molar-refractivity contribution is 5.83. The molecule has 1 aliphatic carbocycles. The van der Waals surface area contributed by atoms with Crippen LogP contribution in [0.4, 0.5) is 0 Å². The summed E-state index contributed by atoms with van der Waals surface area (Å²) in [5.74, 6) is 0.0898. The van der Waals surface area contributed by atoms with E-state index in [0.29, 0.717) is 31.8 Å². The van der Waals surface area contributed by atoms with Gasteiger partial charge in [0, 0.05) is 19.0 Å². The Morgan fingerprint density at radius 1 is 1.28 bits per heavy atom. The molecule has 2 amide bonds. The van der Waals surface area contributed by atoms with Crippen LogP contribution in [0.15, 0.2) is 0 Å². The van der Waals surface area contributed by atoms with Crippen LogP contribution in [-0.4, -0.2) is 65.3 Å². The van der Waals surface area contributed by atoms with Gasteiger partial charge < -0.3 is 21.1 Å². The van der Waals surface area contributed by atoms with Gasteiger partial charge in [-0.25, -0.2) is 0 Å². The van der Waals surface area contributed by atoms with Crippen molar-refractivity contribution < 1.29 is 14.7 Å². The number of carbonyl (C=O) groups is 2. The van der Waals surface area contributed by atoms with Crippen LogP contribution in [0.5, 0.6) is 0 Å². The summed E-state index contributed by atoms with van der Waals surface area (Å²) in [4.78, 5) is 27.0. The monoisotopic (exact) mass is 403 g/mol. The van der Waals surface area contributed by atoms with Crippen LogP contribution in [0.3, 0.4) is 0 Å². The molecule has 0 aromatic rings. The van der Waals surface area contributed by atoms with E-state index in [1.165, 1.54) is 0 Å². The molecule has 0 bridgehead atoms. The molecule has 4 rings (SSSR count). The van der Waals surface area contributed by atoms with E-state index in [1.807, 2.05) is 4.90 Å². The number of aliphatic hydroxyl groups excluding tert-OH is 1. The zero-order chi connectivity index (χ0) is 20.4. The fraction of sp³-hybridized carbons (Fsp3) is 0.857. The first kappa shape index (κ1) is 20.6. The van der Waals surface area contributed by atoms with Gasteiger partial charge in [0.2, 0.25) is 11.8 Å². The summed E-state index contributed by atoms with van der Waals surface area (Å²) in [5.41, 5.74) is -0.309. The van der Waals surface area contributed by atoms with Crippen molar-refractivity contribution in [1.29, 1.82) is 5.26 Å². The first-order valence-electron chi connectivity index (χ1n) is 11.2. The number of hydrogen-bond donors (Lipinski definition) is 4. The van der Waals surface area contributed by atoms with Crippen molar-refractivity contribution in [2.75, 3.05) is 19.6 Å². The van der Waals surface area contributed by atoms with E-state index in [9.17, 15) is 20.0 Å². The number of carbonyl (C=O) groups excluding carboxylic acids is 2. The number of hydrogen-bond acceptors (Lipinski definition) is 6. The molecule has 29 heavy (non-hydrogen) atoms. The van der Waals surface area contributed by atoms with E-state index >= 15 is 0 Å². The van der Waals surface area contributed by atoms with E-state index in [-0.39, 0.29) is 23.3 Å². The molecule has 0 aromatic carbocycles. The lowest BCUT2D eigenvalue weighted by atomic mass is 9.86. The SMILES string of the molecule is N#C[C@H](C[C@@H]1CCNC1=O)NC(=O)[C@H](CC1CC1)N1CC[C@@]2(CCCCN2)C1O. The summed E-state index contributed by atoms with van der Waals surface area (Å²) >= 11 is 0. The van der Waals surface area contributed by atoms with E-state index in [2.05, 4.69) is 22.0 Å². The smallest absolute Gasteiger partial charge is 0.238 e. The zero-order valence-corrected chi connectivity index (χ0v) is 17.0. The first-order valence-corrected chi connectivity index (χ1v) is 11.2. The second kappa shape index (κ2) is 8.58. The van der Waals surface area contributed by atoms with Crippen LogP contribution in [-0.2, 0) is 9.59 Å². The van der Waals surface area contributed by atoms with Gasteiger partial charge >= 0.3 is 0 Å². The Hall–Kier alpha value is -1.69. The Labute approximate surface area is 172 Å². The summed E-state index contributed by atoms with van der Waals surface area (Å²) < 4.78 is 0. The topological polar surface area (TPSA) is 117 Å². The minimum atomic E-state index is -0.682. The van der Waals surface area contributed by atoms with Gasteiger partial charge in [-0.05, 0) is 51.0 Å². The van der Waals surface area contributed by atoms with Crippen molar-refractivity contribution in [1.82, 2.24) is 20.9 Å². The molecule has 3 heterocycles. The summed E-state index contributed by atoms with van der Waals surface area (Å²) in [6, 6.07) is 1.05. The van der Waals surface area contributed by atoms with Gasteiger partial charge in [-0.3, -0.25) is 14.5 Å². The maximum Gasteiger partial charge on any atom is 0.238 e. The average Bonchev–Trinajstić information content (AvgIpc) is 3.40. The Kier molecular flexibility index (Phi) is 6.09. The fourth-order valence-corrected chi connectivity index (χ4v) is 5.28. The number of likely N-dealkylation sites (tertiary alicyclic amines) is 1. The highest BCUT2D eigenvalue weighted by atomic mass is 16.3. The van der Waals surface area contributed by atoms with Gasteiger partial charge in [-0.2, -0.15) is 5.26 Å². The Bertz CT molecular complexity index is 668. The van der Waals surface area contributed by atoms with Crippen molar-refractivity contribution in [3.05, 3.63) is 0 Å². The summed E-state index contributed by atoms with van der Waals surface area (Å²) in [5, 5.41) is 29.9. The van der Waals surface area contributed by atoms with E-state index in [0.717, 1.165) is 51.5 Å². The van der Waals surface area contributed by atoms with Crippen LogP contribution in [0.1, 0.15) is 57.8 Å². The standard InChI is InChI=1S/C21H33N5O3/c22-13-16(12-15-5-9-23-18(15)27)25-19(28)17(11-14-3-4-14)26-10-7-21(20(26)29)6-1-2-8-24-21/h14-17,20,24,29H,1-12H2,(H,23,27)(H,25,28)/t15-,16-,17-,20?,21-/m0/s1. The van der Waals surface area contributed by atoms with Gasteiger partial charge in [0.05, 0.1) is 17.6 Å². The lowest BCUT2D eigenvalue weighted by Crippen LogP contribution is -2.60. The maximum absolute atomic E-state index is 13.2. The summed E-state index contributed by atoms with van der Waals surface area (Å²) in [6.07, 6.45) is 7.33. The van der Waals surface area contributed by atoms with E-state index < -0.39 is 18.3 Å². The average molecular weight is 404 g/mol. The molecule has 4 N–H and O–H groups in total. The predicted octanol–water partition coefficient (Wildman–Crippen LogP) is 0.226. The largest absolute Gasteiger partial charge is 0.376 e. The molecule has 0 aromatic heterocycles. The molecular formula is C21H33N5O3. The zero-order valence-electron chi connectivity index (χ0n) is 17.0. The lowest BCUT2D eigenvalue weighted by molar-refractivity contribution is -0.133.